The second-order valence-electron chi connectivity index (χ2n) is 6.19. The average Bonchev–Trinajstić information content (AvgIpc) is 2.94. The van der Waals surface area contributed by atoms with Gasteiger partial charge in [-0.15, -0.1) is 0 Å². The van der Waals surface area contributed by atoms with Gasteiger partial charge in [0.15, 0.2) is 0 Å². The Morgan fingerprint density at radius 3 is 2.75 bits per heavy atom. The van der Waals surface area contributed by atoms with Crippen LogP contribution in [0, 0.1) is 0 Å². The number of aliphatic hydroxyl groups excluding tert-OH is 1. The van der Waals surface area contributed by atoms with Gasteiger partial charge in [0.1, 0.15) is 5.75 Å². The lowest BCUT2D eigenvalue weighted by atomic mass is 9.99. The van der Waals surface area contributed by atoms with Crippen molar-refractivity contribution >= 4 is 11.9 Å². The minimum absolute atomic E-state index is 0.0893. The summed E-state index contributed by atoms with van der Waals surface area (Å²) in [5.74, 6) is -0.726. The molecule has 1 aliphatic heterocycles. The number of carbonyl (C=O) groups is 2. The second kappa shape index (κ2) is 7.63. The first-order chi connectivity index (χ1) is 11.3. The number of aliphatic hydroxyl groups is 1. The molecule has 0 bridgehead atoms. The molecular formula is C17H24N2O5. The maximum absolute atomic E-state index is 12.7. The van der Waals surface area contributed by atoms with E-state index in [1.165, 1.54) is 0 Å². The lowest BCUT2D eigenvalue weighted by Gasteiger charge is -2.25. The number of aliphatic carboxylic acids is 1. The van der Waals surface area contributed by atoms with Gasteiger partial charge < -0.3 is 19.8 Å². The van der Waals surface area contributed by atoms with E-state index in [2.05, 4.69) is 0 Å². The van der Waals surface area contributed by atoms with Crippen LogP contribution in [0.3, 0.4) is 0 Å². The van der Waals surface area contributed by atoms with Gasteiger partial charge in [-0.1, -0.05) is 12.1 Å². The van der Waals surface area contributed by atoms with E-state index < -0.39 is 12.1 Å². The third kappa shape index (κ3) is 4.04. The number of likely N-dealkylation sites (N-methyl/N-ethyl adjacent to an activating group) is 1. The number of carbonyl (C=O) groups excluding carboxylic acids is 1. The Hall–Kier alpha value is -2.12. The van der Waals surface area contributed by atoms with Gasteiger partial charge in [-0.3, -0.25) is 14.5 Å². The van der Waals surface area contributed by atoms with Crippen molar-refractivity contribution in [3.63, 3.8) is 0 Å². The van der Waals surface area contributed by atoms with Crippen molar-refractivity contribution in [3.05, 3.63) is 29.8 Å². The molecule has 132 valence electrons. The highest BCUT2D eigenvalue weighted by molar-refractivity contribution is 5.84. The summed E-state index contributed by atoms with van der Waals surface area (Å²) in [5, 5.41) is 19.1. The summed E-state index contributed by atoms with van der Waals surface area (Å²) in [6.07, 6.45) is -0.754. The monoisotopic (exact) mass is 336 g/mol. The molecule has 1 aromatic rings. The highest BCUT2D eigenvalue weighted by Gasteiger charge is 2.38. The molecule has 1 fully saturated rings. The van der Waals surface area contributed by atoms with Crippen LogP contribution in [-0.4, -0.2) is 77.8 Å². The summed E-state index contributed by atoms with van der Waals surface area (Å²) in [7, 11) is 3.22. The van der Waals surface area contributed by atoms with E-state index in [1.807, 2.05) is 31.2 Å². The highest BCUT2D eigenvalue weighted by Crippen LogP contribution is 2.25. The molecule has 1 saturated heterocycles. The Balaban J connectivity index is 2.05. The largest absolute Gasteiger partial charge is 0.497 e. The van der Waals surface area contributed by atoms with Crippen molar-refractivity contribution in [1.82, 2.24) is 9.80 Å². The van der Waals surface area contributed by atoms with Crippen molar-refractivity contribution in [2.24, 2.45) is 0 Å². The zero-order valence-electron chi connectivity index (χ0n) is 14.2. The number of β-amino-alcohol motifs (C(OH)–C–C–N with tert-alkyl or cyclic N) is 1. The molecule has 1 aliphatic rings. The third-order valence-electron chi connectivity index (χ3n) is 4.49. The molecule has 2 unspecified atom stereocenters. The van der Waals surface area contributed by atoms with E-state index in [9.17, 15) is 14.7 Å². The zero-order chi connectivity index (χ0) is 17.9. The average molecular weight is 336 g/mol. The van der Waals surface area contributed by atoms with Crippen molar-refractivity contribution in [2.45, 2.75) is 25.0 Å². The van der Waals surface area contributed by atoms with E-state index in [0.29, 0.717) is 12.3 Å². The molecule has 0 aromatic heterocycles. The van der Waals surface area contributed by atoms with Gasteiger partial charge in [0.25, 0.3) is 0 Å². The standard InChI is InChI=1S/C17H24N2O5/c1-11(12-5-4-6-13(7-12)24-3)17(23)19-8-14(15(20)9-19)18(2)10-16(21)22/h4-7,11,14-15,20H,8-10H2,1-3H3,(H,21,22)/t11?,14?,15-/m1/s1. The molecule has 0 saturated carbocycles. The number of likely N-dealkylation sites (tertiary alicyclic amines) is 1. The lowest BCUT2D eigenvalue weighted by molar-refractivity contribution is -0.138. The number of nitrogens with zero attached hydrogens (tertiary/aromatic N) is 2. The summed E-state index contributed by atoms with van der Waals surface area (Å²) >= 11 is 0. The Bertz CT molecular complexity index is 606. The molecule has 3 atom stereocenters. The fourth-order valence-electron chi connectivity index (χ4n) is 3.04. The lowest BCUT2D eigenvalue weighted by Crippen LogP contribution is -2.43. The predicted octanol–water partition coefficient (Wildman–Crippen LogP) is 0.387. The number of carboxylic acid groups (broad SMARTS) is 1. The molecule has 7 heteroatoms. The van der Waals surface area contributed by atoms with Crippen molar-refractivity contribution in [1.29, 1.82) is 0 Å². The third-order valence-corrected chi connectivity index (χ3v) is 4.49. The number of hydrogen-bond donors (Lipinski definition) is 2. The second-order valence-corrected chi connectivity index (χ2v) is 6.19. The van der Waals surface area contributed by atoms with Crippen LogP contribution < -0.4 is 4.74 Å². The fraction of sp³-hybridized carbons (Fsp3) is 0.529. The molecular weight excluding hydrogens is 312 g/mol. The number of amides is 1. The number of rotatable bonds is 6. The first kappa shape index (κ1) is 18.2. The van der Waals surface area contributed by atoms with Crippen LogP contribution in [0.1, 0.15) is 18.4 Å². The zero-order valence-corrected chi connectivity index (χ0v) is 14.2. The molecule has 0 radical (unpaired) electrons. The van der Waals surface area contributed by atoms with Crippen LogP contribution in [0.4, 0.5) is 0 Å². The van der Waals surface area contributed by atoms with E-state index in [1.54, 1.807) is 24.0 Å². The molecule has 0 spiro atoms. The van der Waals surface area contributed by atoms with Crippen LogP contribution >= 0.6 is 0 Å². The molecule has 2 rings (SSSR count). The van der Waals surface area contributed by atoms with Gasteiger partial charge in [0.05, 0.1) is 31.7 Å². The van der Waals surface area contributed by atoms with E-state index in [0.717, 1.165) is 5.56 Å². The molecule has 1 heterocycles. The van der Waals surface area contributed by atoms with Crippen LogP contribution in [-0.2, 0) is 9.59 Å². The molecule has 1 aromatic carbocycles. The number of hydrogen-bond acceptors (Lipinski definition) is 5. The molecule has 7 nitrogen and oxygen atoms in total. The molecule has 1 amide bonds. The van der Waals surface area contributed by atoms with E-state index in [4.69, 9.17) is 9.84 Å². The van der Waals surface area contributed by atoms with Crippen molar-refractivity contribution in [3.8, 4) is 5.75 Å². The van der Waals surface area contributed by atoms with Crippen LogP contribution in [0.25, 0.3) is 0 Å². The van der Waals surface area contributed by atoms with Gasteiger partial charge in [0, 0.05) is 13.1 Å². The summed E-state index contributed by atoms with van der Waals surface area (Å²) < 4.78 is 5.19. The van der Waals surface area contributed by atoms with Crippen LogP contribution in [0.2, 0.25) is 0 Å². The molecule has 24 heavy (non-hydrogen) atoms. The van der Waals surface area contributed by atoms with Gasteiger partial charge in [0.2, 0.25) is 5.91 Å². The predicted molar refractivity (Wildman–Crippen MR) is 88.0 cm³/mol. The number of carboxylic acids is 1. The normalized spacial score (nSPS) is 21.8. The Labute approximate surface area is 141 Å². The number of methoxy groups -OCH3 is 1. The van der Waals surface area contributed by atoms with Crippen LogP contribution in [0.5, 0.6) is 5.75 Å². The van der Waals surface area contributed by atoms with E-state index in [-0.39, 0.29) is 31.0 Å². The molecule has 2 N–H and O–H groups in total. The van der Waals surface area contributed by atoms with Gasteiger partial charge in [-0.2, -0.15) is 0 Å². The van der Waals surface area contributed by atoms with E-state index >= 15 is 0 Å². The topological polar surface area (TPSA) is 90.3 Å². The van der Waals surface area contributed by atoms with Gasteiger partial charge in [-0.25, -0.2) is 0 Å². The first-order valence-electron chi connectivity index (χ1n) is 7.86. The Kier molecular flexibility index (Phi) is 5.80. The molecule has 0 aliphatic carbocycles. The Morgan fingerprint density at radius 1 is 1.42 bits per heavy atom. The number of ether oxygens (including phenoxy) is 1. The minimum atomic E-state index is -0.959. The van der Waals surface area contributed by atoms with Crippen LogP contribution in [0.15, 0.2) is 24.3 Å². The fourth-order valence-corrected chi connectivity index (χ4v) is 3.04. The highest BCUT2D eigenvalue weighted by atomic mass is 16.5. The van der Waals surface area contributed by atoms with Gasteiger partial charge >= 0.3 is 5.97 Å². The summed E-state index contributed by atoms with van der Waals surface area (Å²) in [6, 6.07) is 6.97. The summed E-state index contributed by atoms with van der Waals surface area (Å²) in [4.78, 5) is 26.7. The Morgan fingerprint density at radius 2 is 2.12 bits per heavy atom. The van der Waals surface area contributed by atoms with Crippen molar-refractivity contribution in [2.75, 3.05) is 33.8 Å². The minimum Gasteiger partial charge on any atom is -0.497 e. The summed E-state index contributed by atoms with van der Waals surface area (Å²) in [6.45, 7) is 2.17. The van der Waals surface area contributed by atoms with Crippen molar-refractivity contribution < 1.29 is 24.5 Å². The maximum Gasteiger partial charge on any atom is 0.317 e. The quantitative estimate of drug-likeness (QED) is 0.781. The summed E-state index contributed by atoms with van der Waals surface area (Å²) in [5.41, 5.74) is 0.844. The number of benzene rings is 1. The smallest absolute Gasteiger partial charge is 0.317 e. The SMILES string of the molecule is COc1cccc(C(C)C(=O)N2CC(N(C)CC(=O)O)[C@H](O)C2)c1. The maximum atomic E-state index is 12.7. The van der Waals surface area contributed by atoms with Gasteiger partial charge in [-0.05, 0) is 31.7 Å². The first-order valence-corrected chi connectivity index (χ1v) is 7.86.